The highest BCUT2D eigenvalue weighted by molar-refractivity contribution is 7.04. The van der Waals surface area contributed by atoms with Crippen molar-refractivity contribution in [3.8, 4) is 122 Å². The summed E-state index contributed by atoms with van der Waals surface area (Å²) in [4.78, 5) is 0. The maximum atomic E-state index is 2.63. The zero-order chi connectivity index (χ0) is 68.0. The van der Waals surface area contributed by atoms with Gasteiger partial charge in [-0.05, 0) is 232 Å². The van der Waals surface area contributed by atoms with Crippen molar-refractivity contribution in [2.24, 2.45) is 0 Å². The molecule has 0 saturated carbocycles. The van der Waals surface area contributed by atoms with Crippen molar-refractivity contribution in [1.82, 2.24) is 0 Å². The number of hydrogen-bond donors (Lipinski definition) is 0. The Kier molecular flexibility index (Phi) is 13.7. The molecule has 20 rings (SSSR count). The van der Waals surface area contributed by atoms with E-state index in [9.17, 15) is 0 Å². The number of rotatable bonds is 9. The van der Waals surface area contributed by atoms with E-state index in [4.69, 9.17) is 0 Å². The SMILES string of the molecule is C[Si]1(C)c2cc(-c3ccc4ccccc4c3)ccc2-c2cc3c(-c4ccc(-c5ccc(-c6cccc(-c7c8ccccc8c(-c8ccc(-c9ccccc9)cc8)c8cc9c(cc78)[Si](C)(C)c7cc(-c8cccc%10ccccc8%10)ccc7-9)c6)cc5)cc4)c4ccccc4c(-c4ccccc4)c3cc21. The van der Waals surface area contributed by atoms with Crippen LogP contribution in [0.1, 0.15) is 0 Å². The third-order valence-electron chi connectivity index (χ3n) is 23.0. The van der Waals surface area contributed by atoms with E-state index >= 15 is 0 Å². The van der Waals surface area contributed by atoms with E-state index in [0.717, 1.165) is 0 Å². The second-order valence-electron chi connectivity index (χ2n) is 29.4. The third kappa shape index (κ3) is 9.47. The third-order valence-corrected chi connectivity index (χ3v) is 30.1. The van der Waals surface area contributed by atoms with E-state index in [2.05, 4.69) is 378 Å². The van der Waals surface area contributed by atoms with Crippen molar-refractivity contribution in [2.75, 3.05) is 0 Å². The van der Waals surface area contributed by atoms with Gasteiger partial charge in [-0.15, -0.1) is 0 Å². The number of hydrogen-bond acceptors (Lipinski definition) is 0. The molecule has 102 heavy (non-hydrogen) atoms. The molecule has 0 amide bonds. The van der Waals surface area contributed by atoms with Crippen molar-refractivity contribution in [2.45, 2.75) is 26.2 Å². The molecule has 0 atom stereocenters. The Morgan fingerprint density at radius 2 is 0.461 bits per heavy atom. The molecular formula is C100H70Si2. The zero-order valence-electron chi connectivity index (χ0n) is 57.5. The van der Waals surface area contributed by atoms with Gasteiger partial charge in [0.15, 0.2) is 0 Å². The predicted molar refractivity (Wildman–Crippen MR) is 445 cm³/mol. The van der Waals surface area contributed by atoms with Gasteiger partial charge in [0.05, 0.1) is 0 Å². The Morgan fingerprint density at radius 1 is 0.147 bits per heavy atom. The lowest BCUT2D eigenvalue weighted by atomic mass is 9.84. The van der Waals surface area contributed by atoms with Crippen LogP contribution in [0.15, 0.2) is 352 Å². The van der Waals surface area contributed by atoms with Crippen LogP contribution >= 0.6 is 0 Å². The summed E-state index contributed by atoms with van der Waals surface area (Å²) < 4.78 is 0. The molecule has 2 aliphatic rings. The summed E-state index contributed by atoms with van der Waals surface area (Å²) >= 11 is 0. The maximum absolute atomic E-state index is 2.63. The van der Waals surface area contributed by atoms with Crippen molar-refractivity contribution >= 4 is 102 Å². The van der Waals surface area contributed by atoms with Gasteiger partial charge in [0.2, 0.25) is 0 Å². The first-order valence-corrected chi connectivity index (χ1v) is 41.9. The fraction of sp³-hybridized carbons (Fsp3) is 0.0400. The summed E-state index contributed by atoms with van der Waals surface area (Å²) in [7, 11) is -4.42. The summed E-state index contributed by atoms with van der Waals surface area (Å²) in [6.45, 7) is 10.3. The van der Waals surface area contributed by atoms with Crippen LogP contribution in [0.5, 0.6) is 0 Å². The molecule has 0 radical (unpaired) electrons. The Labute approximate surface area is 597 Å². The van der Waals surface area contributed by atoms with Gasteiger partial charge in [-0.1, -0.05) is 354 Å². The fourth-order valence-corrected chi connectivity index (χ4v) is 24.0. The molecule has 0 bridgehead atoms. The van der Waals surface area contributed by atoms with E-state index in [0.29, 0.717) is 0 Å². The van der Waals surface area contributed by atoms with Crippen LogP contribution in [0.3, 0.4) is 0 Å². The molecule has 0 unspecified atom stereocenters. The molecule has 2 heterocycles. The molecule has 0 aromatic heterocycles. The molecular weight excluding hydrogens is 1260 g/mol. The number of benzene rings is 18. The van der Waals surface area contributed by atoms with Gasteiger partial charge in [0, 0.05) is 0 Å². The van der Waals surface area contributed by atoms with Crippen LogP contribution in [-0.2, 0) is 0 Å². The van der Waals surface area contributed by atoms with E-state index in [1.165, 1.54) is 208 Å². The second-order valence-corrected chi connectivity index (χ2v) is 38.0. The first-order valence-electron chi connectivity index (χ1n) is 35.9. The molecule has 0 N–H and O–H groups in total. The maximum Gasteiger partial charge on any atom is 0.113 e. The van der Waals surface area contributed by atoms with E-state index < -0.39 is 16.1 Å². The monoisotopic (exact) mass is 1330 g/mol. The molecule has 0 fully saturated rings. The van der Waals surface area contributed by atoms with E-state index in [1.807, 2.05) is 0 Å². The average Bonchev–Trinajstić information content (AvgIpc) is 1.60. The van der Waals surface area contributed by atoms with Gasteiger partial charge < -0.3 is 0 Å². The summed E-state index contributed by atoms with van der Waals surface area (Å²) in [6, 6.07) is 134. The molecule has 18 aromatic rings. The van der Waals surface area contributed by atoms with Gasteiger partial charge in [-0.2, -0.15) is 0 Å². The Morgan fingerprint density at radius 3 is 1.00 bits per heavy atom. The number of fused-ring (bicyclic) bond motifs is 12. The lowest BCUT2D eigenvalue weighted by molar-refractivity contribution is 1.58. The minimum atomic E-state index is -2.25. The van der Waals surface area contributed by atoms with Crippen LogP contribution < -0.4 is 20.7 Å². The van der Waals surface area contributed by atoms with Crippen LogP contribution in [0.2, 0.25) is 26.2 Å². The molecule has 0 saturated heterocycles. The predicted octanol–water partition coefficient (Wildman–Crippen LogP) is 25.2. The average molecular weight is 1330 g/mol. The minimum Gasteiger partial charge on any atom is -0.0622 e. The summed E-state index contributed by atoms with van der Waals surface area (Å²) in [5, 5.41) is 21.4. The fourth-order valence-electron chi connectivity index (χ4n) is 17.8. The molecule has 0 aliphatic carbocycles. The molecule has 478 valence electrons. The first kappa shape index (κ1) is 60.0. The largest absolute Gasteiger partial charge is 0.113 e. The van der Waals surface area contributed by atoms with Crippen LogP contribution in [0.4, 0.5) is 0 Å². The quantitative estimate of drug-likeness (QED) is 0.0998. The zero-order valence-corrected chi connectivity index (χ0v) is 59.5. The summed E-state index contributed by atoms with van der Waals surface area (Å²) in [6.07, 6.45) is 0. The summed E-state index contributed by atoms with van der Waals surface area (Å²) in [5.74, 6) is 0. The molecule has 0 nitrogen and oxygen atoms in total. The van der Waals surface area contributed by atoms with E-state index in [1.54, 1.807) is 0 Å². The van der Waals surface area contributed by atoms with E-state index in [-0.39, 0.29) is 0 Å². The molecule has 2 aliphatic heterocycles. The molecule has 2 heteroatoms. The Balaban J connectivity index is 0.681. The highest BCUT2D eigenvalue weighted by Crippen LogP contribution is 2.50. The van der Waals surface area contributed by atoms with Gasteiger partial charge >= 0.3 is 0 Å². The summed E-state index contributed by atoms with van der Waals surface area (Å²) in [5.41, 5.74) is 27.9. The second kappa shape index (κ2) is 23.3. The topological polar surface area (TPSA) is 0 Å². The lowest BCUT2D eigenvalue weighted by Gasteiger charge is -2.23. The minimum absolute atomic E-state index is 1.19. The van der Waals surface area contributed by atoms with Crippen molar-refractivity contribution in [3.05, 3.63) is 352 Å². The normalized spacial score (nSPS) is 13.3. The smallest absolute Gasteiger partial charge is 0.0622 e. The molecule has 18 aromatic carbocycles. The van der Waals surface area contributed by atoms with Gasteiger partial charge in [-0.3, -0.25) is 0 Å². The van der Waals surface area contributed by atoms with Crippen LogP contribution in [-0.4, -0.2) is 16.1 Å². The van der Waals surface area contributed by atoms with Gasteiger partial charge in [-0.25, -0.2) is 0 Å². The van der Waals surface area contributed by atoms with Crippen LogP contribution in [0, 0.1) is 0 Å². The van der Waals surface area contributed by atoms with Crippen molar-refractivity contribution in [3.63, 3.8) is 0 Å². The van der Waals surface area contributed by atoms with Gasteiger partial charge in [0.25, 0.3) is 0 Å². The standard InChI is InChI=1S/C100H70Si2/c1-101(2)93-57-76(75-50-45-64-23-11-12-27-73(64)55-75)51-53-81(93)87-59-89-91(61-95(87)101)97(70-25-9-6-10-26-70)83-32-15-16-33-84(83)98(89)72-48-43-67(44-49-72)66-37-39-68(40-38-66)74-29-19-30-78(56-74)100-86-35-18-17-34-85(86)99(71-46-41-65(42-47-71)63-21-7-5-8-22-63)90-60-88-82-54-52-77(58-94(82)102(3,4)96(88)62-92(90)100)80-36-20-28-69-24-13-14-31-79(69)80/h5-62H,1-4H3. The van der Waals surface area contributed by atoms with Crippen molar-refractivity contribution in [1.29, 1.82) is 0 Å². The van der Waals surface area contributed by atoms with Crippen LogP contribution in [0.25, 0.3) is 187 Å². The Bertz CT molecular complexity index is 6490. The highest BCUT2D eigenvalue weighted by Gasteiger charge is 2.40. The highest BCUT2D eigenvalue weighted by atomic mass is 28.3. The first-order chi connectivity index (χ1) is 50.1. The molecule has 0 spiro atoms. The lowest BCUT2D eigenvalue weighted by Crippen LogP contribution is -2.49. The van der Waals surface area contributed by atoms with Crippen molar-refractivity contribution < 1.29 is 0 Å². The van der Waals surface area contributed by atoms with Gasteiger partial charge in [0.1, 0.15) is 16.1 Å². The Hall–Kier alpha value is -12.0.